The molecule has 1 N–H and O–H groups in total. The van der Waals surface area contributed by atoms with Crippen LogP contribution in [0.25, 0.3) is 0 Å². The van der Waals surface area contributed by atoms with Gasteiger partial charge < -0.3 is 10.0 Å². The van der Waals surface area contributed by atoms with Gasteiger partial charge in [0.05, 0.1) is 0 Å². The zero-order valence-corrected chi connectivity index (χ0v) is 11.7. The van der Waals surface area contributed by atoms with Crippen molar-refractivity contribution in [2.75, 3.05) is 0 Å². The van der Waals surface area contributed by atoms with Crippen LogP contribution in [-0.2, 0) is 16.1 Å². The highest BCUT2D eigenvalue weighted by molar-refractivity contribution is 9.10. The van der Waals surface area contributed by atoms with Gasteiger partial charge in [-0.25, -0.2) is 4.79 Å². The lowest BCUT2D eigenvalue weighted by atomic mass is 10.2. The van der Waals surface area contributed by atoms with E-state index in [2.05, 4.69) is 15.9 Å². The summed E-state index contributed by atoms with van der Waals surface area (Å²) in [6, 6.07) is 4.52. The molecular weight excluding hydrogens is 321 g/mol. The Kier molecular flexibility index (Phi) is 3.92. The normalized spacial score (nSPS) is 19.3. The van der Waals surface area contributed by atoms with Gasteiger partial charge in [0.25, 0.3) is 0 Å². The molecule has 0 saturated carbocycles. The predicted octanol–water partition coefficient (Wildman–Crippen LogP) is 2.68. The first-order valence-corrected chi connectivity index (χ1v) is 6.62. The molecule has 1 heterocycles. The van der Waals surface area contributed by atoms with Crippen LogP contribution in [0.4, 0.5) is 0 Å². The third-order valence-corrected chi connectivity index (χ3v) is 3.94. The highest BCUT2D eigenvalue weighted by Crippen LogP contribution is 2.27. The second-order valence-electron chi connectivity index (χ2n) is 4.15. The molecule has 0 radical (unpaired) electrons. The molecule has 1 aromatic carbocycles. The van der Waals surface area contributed by atoms with E-state index in [1.807, 2.05) is 0 Å². The van der Waals surface area contributed by atoms with E-state index in [0.717, 1.165) is 10.0 Å². The minimum atomic E-state index is -0.953. The second kappa shape index (κ2) is 5.28. The Balaban J connectivity index is 2.21. The van der Waals surface area contributed by atoms with Crippen molar-refractivity contribution >= 4 is 39.4 Å². The van der Waals surface area contributed by atoms with E-state index in [1.54, 1.807) is 18.2 Å². The maximum absolute atomic E-state index is 11.7. The summed E-state index contributed by atoms with van der Waals surface area (Å²) in [4.78, 5) is 24.2. The van der Waals surface area contributed by atoms with Gasteiger partial charge in [-0.3, -0.25) is 4.79 Å². The molecule has 0 aliphatic carbocycles. The molecular formula is C12H11BrClNO3. The minimum Gasteiger partial charge on any atom is -0.480 e. The number of carbonyl (C=O) groups excluding carboxylic acids is 1. The average molecular weight is 333 g/mol. The smallest absolute Gasteiger partial charge is 0.326 e. The van der Waals surface area contributed by atoms with E-state index >= 15 is 0 Å². The predicted molar refractivity (Wildman–Crippen MR) is 70.4 cm³/mol. The number of benzene rings is 1. The third-order valence-electron chi connectivity index (χ3n) is 2.97. The molecule has 4 nitrogen and oxygen atoms in total. The first kappa shape index (κ1) is 13.4. The van der Waals surface area contributed by atoms with Crippen LogP contribution in [0.5, 0.6) is 0 Å². The number of aliphatic carboxylic acids is 1. The first-order chi connectivity index (χ1) is 8.49. The Morgan fingerprint density at radius 1 is 1.56 bits per heavy atom. The van der Waals surface area contributed by atoms with Gasteiger partial charge >= 0.3 is 5.97 Å². The number of hydrogen-bond donors (Lipinski definition) is 1. The monoisotopic (exact) mass is 331 g/mol. The Morgan fingerprint density at radius 2 is 2.28 bits per heavy atom. The fourth-order valence-corrected chi connectivity index (χ4v) is 2.83. The molecule has 1 fully saturated rings. The van der Waals surface area contributed by atoms with Crippen molar-refractivity contribution in [3.8, 4) is 0 Å². The van der Waals surface area contributed by atoms with E-state index in [0.29, 0.717) is 17.9 Å². The van der Waals surface area contributed by atoms with Crippen molar-refractivity contribution in [3.63, 3.8) is 0 Å². The van der Waals surface area contributed by atoms with Crippen LogP contribution in [-0.4, -0.2) is 27.9 Å². The molecule has 1 atom stereocenters. The topological polar surface area (TPSA) is 57.6 Å². The molecule has 1 amide bonds. The summed E-state index contributed by atoms with van der Waals surface area (Å²) in [5.74, 6) is -1.07. The van der Waals surface area contributed by atoms with Crippen molar-refractivity contribution in [2.45, 2.75) is 25.4 Å². The first-order valence-electron chi connectivity index (χ1n) is 5.45. The maximum Gasteiger partial charge on any atom is 0.326 e. The fourth-order valence-electron chi connectivity index (χ4n) is 2.02. The van der Waals surface area contributed by atoms with E-state index in [9.17, 15) is 9.59 Å². The number of carboxylic acids is 1. The third kappa shape index (κ3) is 2.67. The van der Waals surface area contributed by atoms with Crippen molar-refractivity contribution in [1.82, 2.24) is 4.90 Å². The van der Waals surface area contributed by atoms with E-state index in [1.165, 1.54) is 4.90 Å². The SMILES string of the molecule is O=C(O)C1CCC(=O)N1Cc1ccc(Cl)cc1Br. The number of amides is 1. The molecule has 18 heavy (non-hydrogen) atoms. The molecule has 96 valence electrons. The largest absolute Gasteiger partial charge is 0.480 e. The van der Waals surface area contributed by atoms with Gasteiger partial charge in [0.2, 0.25) is 5.91 Å². The van der Waals surface area contributed by atoms with Crippen LogP contribution in [0.1, 0.15) is 18.4 Å². The highest BCUT2D eigenvalue weighted by atomic mass is 79.9. The van der Waals surface area contributed by atoms with Crippen molar-refractivity contribution in [2.24, 2.45) is 0 Å². The summed E-state index contributed by atoms with van der Waals surface area (Å²) in [6.07, 6.45) is 0.668. The summed E-state index contributed by atoms with van der Waals surface area (Å²) in [5, 5.41) is 9.66. The lowest BCUT2D eigenvalue weighted by Crippen LogP contribution is -2.37. The lowest BCUT2D eigenvalue weighted by Gasteiger charge is -2.22. The number of carbonyl (C=O) groups is 2. The molecule has 1 aliphatic rings. The second-order valence-corrected chi connectivity index (χ2v) is 5.44. The van der Waals surface area contributed by atoms with Gasteiger partial charge in [-0.05, 0) is 24.1 Å². The zero-order chi connectivity index (χ0) is 13.3. The standard InChI is InChI=1S/C12H11BrClNO3/c13-9-5-8(14)2-1-7(9)6-15-10(12(17)18)3-4-11(15)16/h1-2,5,10H,3-4,6H2,(H,17,18). The molecule has 0 bridgehead atoms. The molecule has 1 aromatic rings. The molecule has 0 aromatic heterocycles. The summed E-state index contributed by atoms with van der Waals surface area (Å²) in [6.45, 7) is 0.285. The van der Waals surface area contributed by atoms with E-state index in [4.69, 9.17) is 16.7 Å². The van der Waals surface area contributed by atoms with Crippen LogP contribution in [0.2, 0.25) is 5.02 Å². The summed E-state index contributed by atoms with van der Waals surface area (Å²) in [5.41, 5.74) is 0.848. The van der Waals surface area contributed by atoms with Crippen molar-refractivity contribution in [3.05, 3.63) is 33.3 Å². The Hall–Kier alpha value is -1.07. The quantitative estimate of drug-likeness (QED) is 0.926. The maximum atomic E-state index is 11.7. The van der Waals surface area contributed by atoms with E-state index in [-0.39, 0.29) is 12.5 Å². The van der Waals surface area contributed by atoms with Crippen LogP contribution < -0.4 is 0 Å². The van der Waals surface area contributed by atoms with Crippen LogP contribution in [0, 0.1) is 0 Å². The molecule has 6 heteroatoms. The number of nitrogens with zero attached hydrogens (tertiary/aromatic N) is 1. The van der Waals surface area contributed by atoms with Crippen molar-refractivity contribution in [1.29, 1.82) is 0 Å². The number of hydrogen-bond acceptors (Lipinski definition) is 2. The number of likely N-dealkylation sites (tertiary alicyclic amines) is 1. The van der Waals surface area contributed by atoms with Crippen LogP contribution >= 0.6 is 27.5 Å². The average Bonchev–Trinajstić information content (AvgIpc) is 2.64. The Bertz CT molecular complexity index is 506. The van der Waals surface area contributed by atoms with Gasteiger partial charge in [-0.15, -0.1) is 0 Å². The van der Waals surface area contributed by atoms with Gasteiger partial charge in [-0.1, -0.05) is 33.6 Å². The van der Waals surface area contributed by atoms with Gasteiger partial charge in [-0.2, -0.15) is 0 Å². The van der Waals surface area contributed by atoms with Crippen LogP contribution in [0.15, 0.2) is 22.7 Å². The summed E-state index contributed by atoms with van der Waals surface area (Å²) < 4.78 is 0.777. The number of carboxylic acid groups (broad SMARTS) is 1. The molecule has 1 aliphatic heterocycles. The van der Waals surface area contributed by atoms with Gasteiger partial charge in [0.1, 0.15) is 6.04 Å². The van der Waals surface area contributed by atoms with E-state index < -0.39 is 12.0 Å². The minimum absolute atomic E-state index is 0.121. The summed E-state index contributed by atoms with van der Waals surface area (Å²) >= 11 is 9.20. The zero-order valence-electron chi connectivity index (χ0n) is 9.40. The Morgan fingerprint density at radius 3 is 2.89 bits per heavy atom. The summed E-state index contributed by atoms with van der Waals surface area (Å²) in [7, 11) is 0. The van der Waals surface area contributed by atoms with Gasteiger partial charge in [0.15, 0.2) is 0 Å². The lowest BCUT2D eigenvalue weighted by molar-refractivity contribution is -0.146. The molecule has 1 saturated heterocycles. The molecule has 2 rings (SSSR count). The molecule has 0 spiro atoms. The number of halogens is 2. The number of rotatable bonds is 3. The molecule has 1 unspecified atom stereocenters. The van der Waals surface area contributed by atoms with Gasteiger partial charge in [0, 0.05) is 22.5 Å². The highest BCUT2D eigenvalue weighted by Gasteiger charge is 2.36. The fraction of sp³-hybridized carbons (Fsp3) is 0.333. The van der Waals surface area contributed by atoms with Crippen molar-refractivity contribution < 1.29 is 14.7 Å². The Labute approximate surface area is 118 Å². The van der Waals surface area contributed by atoms with Crippen LogP contribution in [0.3, 0.4) is 0 Å².